The molecule has 1 N–H and O–H groups in total. The predicted molar refractivity (Wildman–Crippen MR) is 81.1 cm³/mol. The van der Waals surface area contributed by atoms with E-state index in [1.165, 1.54) is 5.56 Å². The molecule has 20 heavy (non-hydrogen) atoms. The zero-order chi connectivity index (χ0) is 14.5. The van der Waals surface area contributed by atoms with Crippen LogP contribution < -0.4 is 5.32 Å². The SMILES string of the molecule is CC(N[C@@H](C)c1ccccc1)=C1C(=O)C[C@@H]2[C@H]1C2(C)C. The minimum absolute atomic E-state index is 0.234. The molecule has 2 saturated carbocycles. The van der Waals surface area contributed by atoms with E-state index in [1.807, 2.05) is 6.07 Å². The number of hydrogen-bond acceptors (Lipinski definition) is 2. The molecule has 0 heterocycles. The number of hydrogen-bond donors (Lipinski definition) is 1. The van der Waals surface area contributed by atoms with Gasteiger partial charge >= 0.3 is 0 Å². The van der Waals surface area contributed by atoms with Crippen LogP contribution in [0.25, 0.3) is 0 Å². The van der Waals surface area contributed by atoms with E-state index >= 15 is 0 Å². The molecule has 106 valence electrons. The highest BCUT2D eigenvalue weighted by Crippen LogP contribution is 2.68. The molecule has 0 bridgehead atoms. The Bertz CT molecular complexity index is 570. The molecule has 0 radical (unpaired) electrons. The number of carbonyl (C=O) groups is 1. The third-order valence-electron chi connectivity index (χ3n) is 5.20. The highest BCUT2D eigenvalue weighted by atomic mass is 16.1. The Morgan fingerprint density at radius 3 is 2.55 bits per heavy atom. The second kappa shape index (κ2) is 4.47. The predicted octanol–water partition coefficient (Wildman–Crippen LogP) is 3.86. The fourth-order valence-corrected chi connectivity index (χ4v) is 3.85. The molecule has 3 atom stereocenters. The fraction of sp³-hybridized carbons (Fsp3) is 0.500. The van der Waals surface area contributed by atoms with Gasteiger partial charge in [0.2, 0.25) is 0 Å². The van der Waals surface area contributed by atoms with Crippen LogP contribution >= 0.6 is 0 Å². The molecule has 2 aliphatic carbocycles. The molecule has 0 aliphatic heterocycles. The summed E-state index contributed by atoms with van der Waals surface area (Å²) in [5.74, 6) is 1.41. The Morgan fingerprint density at radius 2 is 1.95 bits per heavy atom. The van der Waals surface area contributed by atoms with Gasteiger partial charge < -0.3 is 5.32 Å². The summed E-state index contributed by atoms with van der Waals surface area (Å²) in [6.45, 7) is 8.77. The van der Waals surface area contributed by atoms with Crippen LogP contribution in [0.15, 0.2) is 41.6 Å². The van der Waals surface area contributed by atoms with Gasteiger partial charge in [-0.25, -0.2) is 0 Å². The number of Topliss-reactive ketones (excluding diaryl/α,β-unsaturated/α-hetero) is 1. The van der Waals surface area contributed by atoms with Crippen LogP contribution in [0.3, 0.4) is 0 Å². The maximum atomic E-state index is 12.2. The summed E-state index contributed by atoms with van der Waals surface area (Å²) in [6.07, 6.45) is 0.742. The molecule has 2 aliphatic rings. The second-order valence-electron chi connectivity index (χ2n) is 6.85. The standard InChI is InChI=1S/C18H23NO/c1-11(13-8-6-5-7-9-13)19-12(2)16-15(20)10-14-17(16)18(14,3)4/h5-9,11,14,17,19H,10H2,1-4H3/t11-,14+,17+/m0/s1. The van der Waals surface area contributed by atoms with Crippen molar-refractivity contribution in [2.75, 3.05) is 0 Å². The van der Waals surface area contributed by atoms with Gasteiger partial charge in [-0.3, -0.25) is 4.79 Å². The third-order valence-corrected chi connectivity index (χ3v) is 5.20. The molecule has 0 amide bonds. The van der Waals surface area contributed by atoms with Crippen molar-refractivity contribution in [1.29, 1.82) is 0 Å². The highest BCUT2D eigenvalue weighted by Gasteiger charge is 2.65. The lowest BCUT2D eigenvalue weighted by Gasteiger charge is -2.19. The number of allylic oxidation sites excluding steroid dienone is 2. The monoisotopic (exact) mass is 269 g/mol. The van der Waals surface area contributed by atoms with Crippen molar-refractivity contribution in [2.45, 2.75) is 40.2 Å². The Hall–Kier alpha value is -1.57. The summed E-state index contributed by atoms with van der Waals surface area (Å²) in [6, 6.07) is 10.6. The first-order valence-electron chi connectivity index (χ1n) is 7.48. The Morgan fingerprint density at radius 1 is 1.30 bits per heavy atom. The average Bonchev–Trinajstić information content (AvgIpc) is 2.78. The van der Waals surface area contributed by atoms with Gasteiger partial charge in [0.1, 0.15) is 0 Å². The van der Waals surface area contributed by atoms with Crippen molar-refractivity contribution in [3.05, 3.63) is 47.2 Å². The van der Waals surface area contributed by atoms with Gasteiger partial charge in [0.05, 0.1) is 0 Å². The van der Waals surface area contributed by atoms with Gasteiger partial charge in [-0.05, 0) is 36.7 Å². The van der Waals surface area contributed by atoms with Crippen molar-refractivity contribution < 1.29 is 4.79 Å². The first-order valence-corrected chi connectivity index (χ1v) is 7.48. The first-order chi connectivity index (χ1) is 9.43. The smallest absolute Gasteiger partial charge is 0.161 e. The summed E-state index contributed by atoms with van der Waals surface area (Å²) in [7, 11) is 0. The van der Waals surface area contributed by atoms with Crippen LogP contribution in [-0.2, 0) is 4.79 Å². The molecular weight excluding hydrogens is 246 g/mol. The molecule has 2 nitrogen and oxygen atoms in total. The van der Waals surface area contributed by atoms with Crippen LogP contribution in [0.5, 0.6) is 0 Å². The first kappa shape index (κ1) is 13.4. The molecule has 1 aromatic rings. The van der Waals surface area contributed by atoms with Crippen molar-refractivity contribution in [2.24, 2.45) is 17.3 Å². The van der Waals surface area contributed by atoms with Gasteiger partial charge in [-0.1, -0.05) is 44.2 Å². The zero-order valence-electron chi connectivity index (χ0n) is 12.7. The molecule has 2 heteroatoms. The van der Waals surface area contributed by atoms with E-state index in [9.17, 15) is 4.79 Å². The molecule has 0 aromatic heterocycles. The van der Waals surface area contributed by atoms with E-state index in [0.717, 1.165) is 17.7 Å². The summed E-state index contributed by atoms with van der Waals surface area (Å²) in [5, 5.41) is 3.52. The topological polar surface area (TPSA) is 29.1 Å². The maximum absolute atomic E-state index is 12.2. The van der Waals surface area contributed by atoms with Crippen molar-refractivity contribution in [3.8, 4) is 0 Å². The molecule has 0 spiro atoms. The minimum Gasteiger partial charge on any atom is -0.382 e. The Kier molecular flexibility index (Phi) is 3.00. The molecular formula is C18H23NO. The van der Waals surface area contributed by atoms with Gasteiger partial charge in [0.15, 0.2) is 5.78 Å². The number of benzene rings is 1. The zero-order valence-corrected chi connectivity index (χ0v) is 12.7. The van der Waals surface area contributed by atoms with Crippen molar-refractivity contribution in [1.82, 2.24) is 5.32 Å². The number of rotatable bonds is 3. The largest absolute Gasteiger partial charge is 0.382 e. The van der Waals surface area contributed by atoms with Crippen molar-refractivity contribution in [3.63, 3.8) is 0 Å². The van der Waals surface area contributed by atoms with Crippen LogP contribution in [0, 0.1) is 17.3 Å². The Labute approximate surface area is 121 Å². The van der Waals surface area contributed by atoms with Crippen molar-refractivity contribution >= 4 is 5.78 Å². The average molecular weight is 269 g/mol. The quantitative estimate of drug-likeness (QED) is 0.844. The normalized spacial score (nSPS) is 30.7. The fourth-order valence-electron chi connectivity index (χ4n) is 3.85. The molecule has 3 rings (SSSR count). The molecule has 1 aromatic carbocycles. The molecule has 2 fully saturated rings. The number of nitrogens with one attached hydrogen (secondary N) is 1. The van der Waals surface area contributed by atoms with Gasteiger partial charge in [0.25, 0.3) is 0 Å². The lowest BCUT2D eigenvalue weighted by molar-refractivity contribution is -0.115. The van der Waals surface area contributed by atoms with E-state index in [2.05, 4.69) is 57.3 Å². The lowest BCUT2D eigenvalue weighted by Crippen LogP contribution is -2.21. The third kappa shape index (κ3) is 1.98. The van der Waals surface area contributed by atoms with Crippen LogP contribution in [0.1, 0.15) is 45.7 Å². The second-order valence-corrected chi connectivity index (χ2v) is 6.85. The van der Waals surface area contributed by atoms with E-state index in [0.29, 0.717) is 23.0 Å². The maximum Gasteiger partial charge on any atom is 0.161 e. The van der Waals surface area contributed by atoms with E-state index in [1.54, 1.807) is 0 Å². The highest BCUT2D eigenvalue weighted by molar-refractivity contribution is 6.01. The summed E-state index contributed by atoms with van der Waals surface area (Å²) >= 11 is 0. The van der Waals surface area contributed by atoms with Gasteiger partial charge in [0, 0.05) is 23.7 Å². The summed E-state index contributed by atoms with van der Waals surface area (Å²) in [5.41, 5.74) is 3.71. The van der Waals surface area contributed by atoms with E-state index in [-0.39, 0.29) is 6.04 Å². The summed E-state index contributed by atoms with van der Waals surface area (Å²) < 4.78 is 0. The Balaban J connectivity index is 1.80. The molecule has 0 unspecified atom stereocenters. The van der Waals surface area contributed by atoms with Crippen LogP contribution in [0.2, 0.25) is 0 Å². The van der Waals surface area contributed by atoms with Gasteiger partial charge in [-0.15, -0.1) is 0 Å². The minimum atomic E-state index is 0.234. The molecule has 0 saturated heterocycles. The number of ketones is 1. The van der Waals surface area contributed by atoms with Crippen LogP contribution in [-0.4, -0.2) is 5.78 Å². The van der Waals surface area contributed by atoms with Crippen LogP contribution in [0.4, 0.5) is 0 Å². The van der Waals surface area contributed by atoms with E-state index < -0.39 is 0 Å². The summed E-state index contributed by atoms with van der Waals surface area (Å²) in [4.78, 5) is 12.2. The van der Waals surface area contributed by atoms with Gasteiger partial charge in [-0.2, -0.15) is 0 Å². The number of fused-ring (bicyclic) bond motifs is 1. The van der Waals surface area contributed by atoms with E-state index in [4.69, 9.17) is 0 Å². The lowest BCUT2D eigenvalue weighted by atomic mass is 9.95. The number of carbonyl (C=O) groups excluding carboxylic acids is 1.